The number of piperidine rings is 1. The van der Waals surface area contributed by atoms with Gasteiger partial charge < -0.3 is 14.7 Å². The summed E-state index contributed by atoms with van der Waals surface area (Å²) in [5, 5.41) is 9.39. The Morgan fingerprint density at radius 2 is 2.17 bits per heavy atom. The molecule has 3 rings (SSSR count). The average Bonchev–Trinajstić information content (AvgIpc) is 2.53. The van der Waals surface area contributed by atoms with Gasteiger partial charge in [-0.1, -0.05) is 15.9 Å². The van der Waals surface area contributed by atoms with Gasteiger partial charge in [0.25, 0.3) is 5.91 Å². The summed E-state index contributed by atoms with van der Waals surface area (Å²) in [6.45, 7) is 2.74. The number of fused-ring (bicyclic) bond motifs is 1. The molecule has 0 spiro atoms. The number of hydrogen-bond donors (Lipinski definition) is 1. The highest BCUT2D eigenvalue weighted by atomic mass is 79.9. The van der Waals surface area contributed by atoms with Gasteiger partial charge in [0.15, 0.2) is 0 Å². The van der Waals surface area contributed by atoms with Gasteiger partial charge in [0, 0.05) is 23.1 Å². The largest absolute Gasteiger partial charge is 0.488 e. The van der Waals surface area contributed by atoms with Gasteiger partial charge in [-0.25, -0.2) is 0 Å². The molecule has 1 fully saturated rings. The van der Waals surface area contributed by atoms with Gasteiger partial charge in [0.2, 0.25) is 0 Å². The summed E-state index contributed by atoms with van der Waals surface area (Å²) in [4.78, 5) is 25.8. The Morgan fingerprint density at radius 3 is 2.91 bits per heavy atom. The van der Waals surface area contributed by atoms with Gasteiger partial charge in [0.1, 0.15) is 12.4 Å². The molecule has 0 aromatic heterocycles. The van der Waals surface area contributed by atoms with Crippen LogP contribution in [0.25, 0.3) is 6.08 Å². The number of benzene rings is 1. The molecule has 1 aromatic carbocycles. The number of carboxylic acid groups (broad SMARTS) is 1. The molecule has 2 aliphatic heterocycles. The summed E-state index contributed by atoms with van der Waals surface area (Å²) in [6.07, 6.45) is 3.13. The topological polar surface area (TPSA) is 66.8 Å². The normalized spacial score (nSPS) is 23.6. The number of amides is 1. The molecule has 1 N–H and O–H groups in total. The van der Waals surface area contributed by atoms with Crippen LogP contribution in [0.2, 0.25) is 0 Å². The number of rotatable bonds is 2. The molecule has 6 heteroatoms. The number of carbonyl (C=O) groups excluding carboxylic acids is 1. The minimum atomic E-state index is -0.870. The Morgan fingerprint density at radius 1 is 1.39 bits per heavy atom. The van der Waals surface area contributed by atoms with Crippen molar-refractivity contribution >= 4 is 33.9 Å². The molecule has 1 amide bonds. The van der Waals surface area contributed by atoms with Gasteiger partial charge in [-0.15, -0.1) is 0 Å². The predicted molar refractivity (Wildman–Crippen MR) is 89.2 cm³/mol. The maximum absolute atomic E-state index is 12.7. The van der Waals surface area contributed by atoms with E-state index in [0.29, 0.717) is 25.0 Å². The number of hydrogen-bond acceptors (Lipinski definition) is 3. The zero-order valence-corrected chi connectivity index (χ0v) is 14.4. The van der Waals surface area contributed by atoms with Crippen LogP contribution in [0.3, 0.4) is 0 Å². The molecular weight excluding hydrogens is 362 g/mol. The monoisotopic (exact) mass is 379 g/mol. The van der Waals surface area contributed by atoms with Crippen LogP contribution < -0.4 is 4.74 Å². The number of carboxylic acids is 1. The highest BCUT2D eigenvalue weighted by Gasteiger charge is 2.40. The number of carbonyl (C=O) groups is 2. The highest BCUT2D eigenvalue weighted by Crippen LogP contribution is 2.33. The van der Waals surface area contributed by atoms with Crippen LogP contribution in [0.15, 0.2) is 28.2 Å². The fourth-order valence-electron chi connectivity index (χ4n) is 3.06. The lowest BCUT2D eigenvalue weighted by Gasteiger charge is -2.38. The SMILES string of the molecule is CC1(C(=O)O)CCCN(C(=O)C2=Cc3cc(Br)ccc3OC2)C1. The summed E-state index contributed by atoms with van der Waals surface area (Å²) in [7, 11) is 0. The minimum Gasteiger partial charge on any atom is -0.488 e. The maximum Gasteiger partial charge on any atom is 0.311 e. The standard InChI is InChI=1S/C17H18BrNO4/c1-17(16(21)22)5-2-6-19(10-17)15(20)12-7-11-8-13(18)3-4-14(11)23-9-12/h3-4,7-8H,2,5-6,9-10H2,1H3,(H,21,22). The molecule has 122 valence electrons. The number of halogens is 1. The molecule has 0 radical (unpaired) electrons. The fraction of sp³-hybridized carbons (Fsp3) is 0.412. The van der Waals surface area contributed by atoms with Crippen LogP contribution in [0, 0.1) is 5.41 Å². The number of aliphatic carboxylic acids is 1. The Labute approximate surface area is 143 Å². The first kappa shape index (κ1) is 16.1. The molecule has 1 unspecified atom stereocenters. The Bertz CT molecular complexity index is 700. The fourth-order valence-corrected chi connectivity index (χ4v) is 3.44. The third kappa shape index (κ3) is 3.13. The predicted octanol–water partition coefficient (Wildman–Crippen LogP) is 2.94. The Balaban J connectivity index is 1.82. The van der Waals surface area contributed by atoms with E-state index >= 15 is 0 Å². The first-order valence-corrected chi connectivity index (χ1v) is 8.34. The zero-order valence-electron chi connectivity index (χ0n) is 12.8. The molecule has 0 bridgehead atoms. The second-order valence-corrected chi connectivity index (χ2v) is 7.25. The van der Waals surface area contributed by atoms with E-state index in [1.165, 1.54) is 0 Å². The number of ether oxygens (including phenoxy) is 1. The van der Waals surface area contributed by atoms with Crippen molar-refractivity contribution in [3.8, 4) is 5.75 Å². The van der Waals surface area contributed by atoms with E-state index in [1.807, 2.05) is 24.3 Å². The number of nitrogens with zero attached hydrogens (tertiary/aromatic N) is 1. The van der Waals surface area contributed by atoms with Crippen molar-refractivity contribution in [2.75, 3.05) is 19.7 Å². The van der Waals surface area contributed by atoms with E-state index in [0.717, 1.165) is 15.8 Å². The van der Waals surface area contributed by atoms with Crippen LogP contribution in [0.5, 0.6) is 5.75 Å². The molecule has 2 heterocycles. The average molecular weight is 380 g/mol. The second-order valence-electron chi connectivity index (χ2n) is 6.34. The first-order chi connectivity index (χ1) is 10.9. The molecule has 5 nitrogen and oxygen atoms in total. The van der Waals surface area contributed by atoms with Crippen LogP contribution in [0.4, 0.5) is 0 Å². The molecule has 1 atom stereocenters. The van der Waals surface area contributed by atoms with Gasteiger partial charge >= 0.3 is 5.97 Å². The summed E-state index contributed by atoms with van der Waals surface area (Å²) in [6, 6.07) is 5.65. The van der Waals surface area contributed by atoms with E-state index < -0.39 is 11.4 Å². The Kier molecular flexibility index (Phi) is 4.19. The molecule has 0 aliphatic carbocycles. The third-order valence-electron chi connectivity index (χ3n) is 4.46. The molecular formula is C17H18BrNO4. The van der Waals surface area contributed by atoms with Crippen molar-refractivity contribution in [1.29, 1.82) is 0 Å². The maximum atomic E-state index is 12.7. The van der Waals surface area contributed by atoms with Crippen LogP contribution in [0.1, 0.15) is 25.3 Å². The highest BCUT2D eigenvalue weighted by molar-refractivity contribution is 9.10. The molecule has 23 heavy (non-hydrogen) atoms. The minimum absolute atomic E-state index is 0.136. The lowest BCUT2D eigenvalue weighted by atomic mass is 9.82. The van der Waals surface area contributed by atoms with Gasteiger partial charge in [-0.05, 0) is 44.0 Å². The van der Waals surface area contributed by atoms with E-state index in [-0.39, 0.29) is 19.1 Å². The molecule has 1 aromatic rings. The third-order valence-corrected chi connectivity index (χ3v) is 4.95. The Hall–Kier alpha value is -1.82. The lowest BCUT2D eigenvalue weighted by Crippen LogP contribution is -2.49. The van der Waals surface area contributed by atoms with Crippen molar-refractivity contribution in [1.82, 2.24) is 4.90 Å². The van der Waals surface area contributed by atoms with Gasteiger partial charge in [0.05, 0.1) is 11.0 Å². The van der Waals surface area contributed by atoms with E-state index in [2.05, 4.69) is 15.9 Å². The quantitative estimate of drug-likeness (QED) is 0.857. The van der Waals surface area contributed by atoms with E-state index in [4.69, 9.17) is 4.74 Å². The van der Waals surface area contributed by atoms with Crippen molar-refractivity contribution in [3.05, 3.63) is 33.8 Å². The van der Waals surface area contributed by atoms with Crippen molar-refractivity contribution in [3.63, 3.8) is 0 Å². The van der Waals surface area contributed by atoms with E-state index in [1.54, 1.807) is 11.8 Å². The smallest absolute Gasteiger partial charge is 0.311 e. The van der Waals surface area contributed by atoms with Crippen molar-refractivity contribution in [2.24, 2.45) is 5.41 Å². The van der Waals surface area contributed by atoms with Crippen LogP contribution in [-0.2, 0) is 9.59 Å². The first-order valence-electron chi connectivity index (χ1n) is 7.55. The van der Waals surface area contributed by atoms with Gasteiger partial charge in [-0.2, -0.15) is 0 Å². The number of likely N-dealkylation sites (tertiary alicyclic amines) is 1. The molecule has 0 saturated carbocycles. The lowest BCUT2D eigenvalue weighted by molar-refractivity contribution is -0.152. The van der Waals surface area contributed by atoms with Crippen molar-refractivity contribution < 1.29 is 19.4 Å². The van der Waals surface area contributed by atoms with Gasteiger partial charge in [-0.3, -0.25) is 9.59 Å². The van der Waals surface area contributed by atoms with Crippen LogP contribution in [-0.4, -0.2) is 41.6 Å². The summed E-state index contributed by atoms with van der Waals surface area (Å²) >= 11 is 3.41. The zero-order chi connectivity index (χ0) is 16.6. The summed E-state index contributed by atoms with van der Waals surface area (Å²) in [5.74, 6) is -0.236. The second kappa shape index (κ2) is 6.00. The van der Waals surface area contributed by atoms with Crippen LogP contribution >= 0.6 is 15.9 Å². The van der Waals surface area contributed by atoms with E-state index in [9.17, 15) is 14.7 Å². The molecule has 1 saturated heterocycles. The van der Waals surface area contributed by atoms with Crippen molar-refractivity contribution in [2.45, 2.75) is 19.8 Å². The summed E-state index contributed by atoms with van der Waals surface area (Å²) in [5.41, 5.74) is 0.544. The summed E-state index contributed by atoms with van der Waals surface area (Å²) < 4.78 is 6.57. The molecule has 2 aliphatic rings.